The number of hydrogen-bond donors (Lipinski definition) is 2. The number of aryl methyl sites for hydroxylation is 1. The van der Waals surface area contributed by atoms with Gasteiger partial charge in [0.05, 0.1) is 24.4 Å². The summed E-state index contributed by atoms with van der Waals surface area (Å²) in [6, 6.07) is 0. The highest BCUT2D eigenvalue weighted by Crippen LogP contribution is 2.29. The first-order valence-electron chi connectivity index (χ1n) is 5.23. The molecule has 92 valence electrons. The number of nitrogens with two attached hydrogens (primary N) is 1. The van der Waals surface area contributed by atoms with Gasteiger partial charge in [0, 0.05) is 13.0 Å². The van der Waals surface area contributed by atoms with Crippen molar-refractivity contribution in [1.82, 2.24) is 10.2 Å². The molecule has 1 aromatic rings. The van der Waals surface area contributed by atoms with Gasteiger partial charge in [-0.05, 0) is 6.92 Å². The summed E-state index contributed by atoms with van der Waals surface area (Å²) in [6.07, 6.45) is 0.137. The van der Waals surface area contributed by atoms with Gasteiger partial charge in [0.1, 0.15) is 0 Å². The Morgan fingerprint density at radius 2 is 2.35 bits per heavy atom. The molecule has 1 aromatic heterocycles. The Morgan fingerprint density at radius 1 is 1.65 bits per heavy atom. The number of aromatic nitrogens is 2. The van der Waals surface area contributed by atoms with Gasteiger partial charge in [0.2, 0.25) is 5.91 Å². The van der Waals surface area contributed by atoms with Crippen LogP contribution in [-0.4, -0.2) is 35.7 Å². The van der Waals surface area contributed by atoms with Crippen LogP contribution in [0.15, 0.2) is 0 Å². The Morgan fingerprint density at radius 3 is 2.88 bits per heavy atom. The fourth-order valence-corrected chi connectivity index (χ4v) is 1.87. The summed E-state index contributed by atoms with van der Waals surface area (Å²) in [5.74, 6) is -0.604. The molecule has 0 aromatic carbocycles. The molecule has 2 heterocycles. The molecule has 17 heavy (non-hydrogen) atoms. The zero-order valence-electron chi connectivity index (χ0n) is 9.69. The lowest BCUT2D eigenvalue weighted by Crippen LogP contribution is -2.27. The predicted octanol–water partition coefficient (Wildman–Crippen LogP) is -0.174. The van der Waals surface area contributed by atoms with Crippen molar-refractivity contribution in [2.75, 3.05) is 24.3 Å². The summed E-state index contributed by atoms with van der Waals surface area (Å²) < 4.78 is 4.62. The zero-order chi connectivity index (χ0) is 12.6. The molecule has 0 saturated carbocycles. The molecule has 1 aliphatic heterocycles. The quantitative estimate of drug-likeness (QED) is 0.696. The molecule has 0 spiro atoms. The van der Waals surface area contributed by atoms with E-state index in [1.165, 1.54) is 12.0 Å². The average molecular weight is 238 g/mol. The number of carbonyl (C=O) groups excluding carboxylic acids is 2. The molecule has 0 radical (unpaired) electrons. The predicted molar refractivity (Wildman–Crippen MR) is 60.2 cm³/mol. The van der Waals surface area contributed by atoms with Gasteiger partial charge in [0.25, 0.3) is 0 Å². The average Bonchev–Trinajstić information content (AvgIpc) is 2.83. The van der Waals surface area contributed by atoms with Gasteiger partial charge < -0.3 is 10.5 Å². The molecule has 0 bridgehead atoms. The van der Waals surface area contributed by atoms with E-state index in [1.807, 2.05) is 0 Å². The van der Waals surface area contributed by atoms with Crippen molar-refractivity contribution >= 4 is 23.4 Å². The number of esters is 1. The van der Waals surface area contributed by atoms with E-state index in [-0.39, 0.29) is 24.8 Å². The lowest BCUT2D eigenvalue weighted by Gasteiger charge is -2.13. The van der Waals surface area contributed by atoms with E-state index in [0.717, 1.165) is 0 Å². The van der Waals surface area contributed by atoms with E-state index in [2.05, 4.69) is 14.9 Å². The molecule has 1 unspecified atom stereocenters. The number of anilines is 2. The summed E-state index contributed by atoms with van der Waals surface area (Å²) in [4.78, 5) is 24.6. The number of ether oxygens (including phenoxy) is 1. The lowest BCUT2D eigenvalue weighted by atomic mass is 10.1. The van der Waals surface area contributed by atoms with Gasteiger partial charge in [0.15, 0.2) is 5.82 Å². The maximum absolute atomic E-state index is 11.8. The molecule has 3 N–H and O–H groups in total. The van der Waals surface area contributed by atoms with Crippen LogP contribution >= 0.6 is 0 Å². The second-order valence-corrected chi connectivity index (χ2v) is 4.01. The first kappa shape index (κ1) is 11.4. The molecule has 0 aliphatic carbocycles. The molecular weight excluding hydrogens is 224 g/mol. The summed E-state index contributed by atoms with van der Waals surface area (Å²) >= 11 is 0. The highest BCUT2D eigenvalue weighted by atomic mass is 16.5. The smallest absolute Gasteiger partial charge is 0.311 e. The molecule has 1 fully saturated rings. The number of carbonyl (C=O) groups is 2. The summed E-state index contributed by atoms with van der Waals surface area (Å²) in [6.45, 7) is 2.03. The van der Waals surface area contributed by atoms with Gasteiger partial charge in [-0.15, -0.1) is 0 Å². The number of nitrogen functional groups attached to an aromatic ring is 1. The van der Waals surface area contributed by atoms with Gasteiger partial charge in [-0.1, -0.05) is 0 Å². The topological polar surface area (TPSA) is 101 Å². The van der Waals surface area contributed by atoms with E-state index in [0.29, 0.717) is 17.2 Å². The third-order valence-corrected chi connectivity index (χ3v) is 2.89. The number of aromatic amines is 1. The maximum atomic E-state index is 11.8. The third kappa shape index (κ3) is 1.83. The molecule has 7 heteroatoms. The SMILES string of the molecule is COC(=O)C1CC(=O)N(c2n[nH]c(C)c2N)C1. The van der Waals surface area contributed by atoms with Crippen LogP contribution in [0.4, 0.5) is 11.5 Å². The van der Waals surface area contributed by atoms with Crippen LogP contribution < -0.4 is 10.6 Å². The Bertz CT molecular complexity index is 468. The lowest BCUT2D eigenvalue weighted by molar-refractivity contribution is -0.145. The second-order valence-electron chi connectivity index (χ2n) is 4.01. The molecular formula is C10H14N4O3. The molecule has 1 atom stereocenters. The van der Waals surface area contributed by atoms with Crippen LogP contribution in [0.25, 0.3) is 0 Å². The van der Waals surface area contributed by atoms with E-state index in [9.17, 15) is 9.59 Å². The highest BCUT2D eigenvalue weighted by molar-refractivity contribution is 6.00. The van der Waals surface area contributed by atoms with Crippen LogP contribution in [0.2, 0.25) is 0 Å². The first-order valence-corrected chi connectivity index (χ1v) is 5.23. The second kappa shape index (κ2) is 4.08. The fourth-order valence-electron chi connectivity index (χ4n) is 1.87. The summed E-state index contributed by atoms with van der Waals surface area (Å²) in [5, 5.41) is 6.68. The Labute approximate surface area is 97.9 Å². The van der Waals surface area contributed by atoms with E-state index < -0.39 is 5.92 Å². The third-order valence-electron chi connectivity index (χ3n) is 2.89. The van der Waals surface area contributed by atoms with Crippen LogP contribution in [0.5, 0.6) is 0 Å². The minimum Gasteiger partial charge on any atom is -0.469 e. The summed E-state index contributed by atoms with van der Waals surface area (Å²) in [5.41, 5.74) is 6.93. The van der Waals surface area contributed by atoms with Crippen LogP contribution in [0.1, 0.15) is 12.1 Å². The number of hydrogen-bond acceptors (Lipinski definition) is 5. The number of methoxy groups -OCH3 is 1. The fraction of sp³-hybridized carbons (Fsp3) is 0.500. The van der Waals surface area contributed by atoms with Gasteiger partial charge in [-0.25, -0.2) is 0 Å². The highest BCUT2D eigenvalue weighted by Gasteiger charge is 2.37. The number of nitrogens with one attached hydrogen (secondary N) is 1. The molecule has 1 saturated heterocycles. The minimum absolute atomic E-state index is 0.137. The number of rotatable bonds is 2. The molecule has 1 amide bonds. The van der Waals surface area contributed by atoms with Crippen LogP contribution in [0, 0.1) is 12.8 Å². The monoisotopic (exact) mass is 238 g/mol. The van der Waals surface area contributed by atoms with Crippen molar-refractivity contribution in [3.63, 3.8) is 0 Å². The maximum Gasteiger partial charge on any atom is 0.311 e. The van der Waals surface area contributed by atoms with Crippen LogP contribution in [0.3, 0.4) is 0 Å². The van der Waals surface area contributed by atoms with E-state index in [1.54, 1.807) is 6.92 Å². The van der Waals surface area contributed by atoms with Crippen molar-refractivity contribution in [2.24, 2.45) is 5.92 Å². The molecule has 1 aliphatic rings. The Hall–Kier alpha value is -2.05. The molecule has 7 nitrogen and oxygen atoms in total. The number of nitrogens with zero attached hydrogens (tertiary/aromatic N) is 2. The van der Waals surface area contributed by atoms with Gasteiger partial charge >= 0.3 is 5.97 Å². The normalized spacial score (nSPS) is 19.8. The van der Waals surface area contributed by atoms with Gasteiger partial charge in [-0.3, -0.25) is 19.6 Å². The Balaban J connectivity index is 2.21. The van der Waals surface area contributed by atoms with Gasteiger partial charge in [-0.2, -0.15) is 5.10 Å². The first-order chi connectivity index (χ1) is 8.04. The number of amides is 1. The Kier molecular flexibility index (Phi) is 2.74. The molecule has 2 rings (SSSR count). The van der Waals surface area contributed by atoms with Crippen molar-refractivity contribution in [1.29, 1.82) is 0 Å². The van der Waals surface area contributed by atoms with Crippen molar-refractivity contribution < 1.29 is 14.3 Å². The van der Waals surface area contributed by atoms with E-state index >= 15 is 0 Å². The van der Waals surface area contributed by atoms with Crippen molar-refractivity contribution in [3.8, 4) is 0 Å². The largest absolute Gasteiger partial charge is 0.469 e. The van der Waals surface area contributed by atoms with Crippen molar-refractivity contribution in [3.05, 3.63) is 5.69 Å². The van der Waals surface area contributed by atoms with Crippen LogP contribution in [-0.2, 0) is 14.3 Å². The standard InChI is InChI=1S/C10H14N4O3/c1-5-8(11)9(13-12-5)14-4-6(3-7(14)15)10(16)17-2/h6H,3-4,11H2,1-2H3,(H,12,13). The minimum atomic E-state index is -0.441. The number of H-pyrrole nitrogens is 1. The zero-order valence-corrected chi connectivity index (χ0v) is 9.69. The van der Waals surface area contributed by atoms with E-state index in [4.69, 9.17) is 5.73 Å². The summed E-state index contributed by atoms with van der Waals surface area (Å²) in [7, 11) is 1.31. The van der Waals surface area contributed by atoms with Crippen molar-refractivity contribution in [2.45, 2.75) is 13.3 Å².